The molecule has 1 aromatic heterocycles. The van der Waals surface area contributed by atoms with Gasteiger partial charge in [-0.15, -0.1) is 0 Å². The molecule has 1 unspecified atom stereocenters. The molecule has 1 aliphatic carbocycles. The van der Waals surface area contributed by atoms with Gasteiger partial charge in [0.25, 0.3) is 0 Å². The number of pyridine rings is 1. The smallest absolute Gasteiger partial charge is 0.317 e. The summed E-state index contributed by atoms with van der Waals surface area (Å²) < 4.78 is 0. The Morgan fingerprint density at radius 2 is 2.23 bits per heavy atom. The van der Waals surface area contributed by atoms with Crippen LogP contribution in [0.25, 0.3) is 10.9 Å². The molecule has 22 heavy (non-hydrogen) atoms. The predicted molar refractivity (Wildman–Crippen MR) is 80.1 cm³/mol. The summed E-state index contributed by atoms with van der Waals surface area (Å²) in [5.41, 5.74) is 2.64. The highest BCUT2D eigenvalue weighted by molar-refractivity contribution is 5.92. The summed E-state index contributed by atoms with van der Waals surface area (Å²) in [5.74, 6) is 0.174. The first-order valence-electron chi connectivity index (χ1n) is 7.14. The van der Waals surface area contributed by atoms with Gasteiger partial charge in [-0.25, -0.2) is 4.79 Å². The average molecular weight is 297 g/mol. The number of urea groups is 1. The quantitative estimate of drug-likeness (QED) is 0.776. The Morgan fingerprint density at radius 1 is 1.41 bits per heavy atom. The van der Waals surface area contributed by atoms with E-state index in [2.05, 4.69) is 10.3 Å². The van der Waals surface area contributed by atoms with Crippen LogP contribution in [-0.4, -0.2) is 46.4 Å². The van der Waals surface area contributed by atoms with Crippen molar-refractivity contribution in [2.45, 2.75) is 18.4 Å². The monoisotopic (exact) mass is 297 g/mol. The van der Waals surface area contributed by atoms with Crippen LogP contribution in [0.15, 0.2) is 18.3 Å². The summed E-state index contributed by atoms with van der Waals surface area (Å²) in [6.45, 7) is 0.569. The zero-order chi connectivity index (χ0) is 15.5. The van der Waals surface area contributed by atoms with Crippen molar-refractivity contribution in [1.82, 2.24) is 15.2 Å². The highest BCUT2D eigenvalue weighted by atomic mass is 16.3. The molecule has 1 saturated heterocycles. The Kier molecular flexibility index (Phi) is 2.49. The fourth-order valence-electron chi connectivity index (χ4n) is 3.58. The van der Waals surface area contributed by atoms with Gasteiger partial charge in [-0.1, -0.05) is 0 Å². The summed E-state index contributed by atoms with van der Waals surface area (Å²) in [7, 11) is 1.79. The minimum atomic E-state index is -0.318. The molecule has 1 atom stereocenters. The lowest BCUT2D eigenvalue weighted by molar-refractivity contribution is 0.112. The summed E-state index contributed by atoms with van der Waals surface area (Å²) in [5, 5.41) is 14.0. The maximum absolute atomic E-state index is 11.8. The second-order valence-electron chi connectivity index (χ2n) is 6.11. The highest BCUT2D eigenvalue weighted by Crippen LogP contribution is 2.43. The number of aromatic nitrogens is 1. The zero-order valence-electron chi connectivity index (χ0n) is 12.1. The highest BCUT2D eigenvalue weighted by Gasteiger charge is 2.48. The molecule has 4 rings (SSSR count). The van der Waals surface area contributed by atoms with Crippen LogP contribution in [0.2, 0.25) is 0 Å². The largest absolute Gasteiger partial charge is 0.507 e. The molecule has 0 radical (unpaired) electrons. The number of hydrogen-bond donors (Lipinski definition) is 2. The van der Waals surface area contributed by atoms with Crippen LogP contribution >= 0.6 is 0 Å². The fourth-order valence-corrected chi connectivity index (χ4v) is 3.58. The van der Waals surface area contributed by atoms with Gasteiger partial charge >= 0.3 is 6.03 Å². The van der Waals surface area contributed by atoms with Crippen LogP contribution in [0.3, 0.4) is 0 Å². The third kappa shape index (κ3) is 1.57. The number of aldehydes is 1. The van der Waals surface area contributed by atoms with E-state index in [1.54, 1.807) is 18.0 Å². The minimum absolute atomic E-state index is 0.0850. The van der Waals surface area contributed by atoms with Crippen molar-refractivity contribution in [3.05, 3.63) is 35.0 Å². The Bertz CT molecular complexity index is 833. The molecule has 0 saturated carbocycles. The van der Waals surface area contributed by atoms with Gasteiger partial charge in [-0.3, -0.25) is 9.78 Å². The minimum Gasteiger partial charge on any atom is -0.507 e. The lowest BCUT2D eigenvalue weighted by atomic mass is 9.96. The van der Waals surface area contributed by atoms with E-state index in [0.717, 1.165) is 11.1 Å². The molecular formula is C16H15N3O3. The molecule has 2 amide bonds. The first kappa shape index (κ1) is 13.1. The number of carbonyl (C=O) groups is 2. The molecule has 6 nitrogen and oxygen atoms in total. The Balaban J connectivity index is 1.87. The van der Waals surface area contributed by atoms with E-state index in [9.17, 15) is 14.7 Å². The van der Waals surface area contributed by atoms with Gasteiger partial charge in [-0.05, 0) is 24.1 Å². The summed E-state index contributed by atoms with van der Waals surface area (Å²) in [6.07, 6.45) is 3.51. The number of aromatic hydroxyl groups is 1. The zero-order valence-corrected chi connectivity index (χ0v) is 12.1. The fraction of sp³-hybridized carbons (Fsp3) is 0.312. The maximum Gasteiger partial charge on any atom is 0.317 e. The molecule has 2 aromatic rings. The van der Waals surface area contributed by atoms with Gasteiger partial charge in [0.2, 0.25) is 0 Å². The third-order valence-electron chi connectivity index (χ3n) is 4.93. The molecule has 1 spiro atoms. The first-order chi connectivity index (χ1) is 10.5. The number of benzene rings is 1. The number of nitrogens with zero attached hydrogens (tertiary/aromatic N) is 2. The maximum atomic E-state index is 11.8. The van der Waals surface area contributed by atoms with Crippen molar-refractivity contribution in [2.75, 3.05) is 13.6 Å². The van der Waals surface area contributed by atoms with E-state index >= 15 is 0 Å². The lowest BCUT2D eigenvalue weighted by Crippen LogP contribution is -2.45. The molecule has 1 aliphatic heterocycles. The van der Waals surface area contributed by atoms with Crippen LogP contribution in [0.5, 0.6) is 5.75 Å². The number of amides is 2. The topological polar surface area (TPSA) is 82.5 Å². The van der Waals surface area contributed by atoms with Crippen molar-refractivity contribution < 1.29 is 14.7 Å². The molecule has 2 heterocycles. The number of nitrogens with one attached hydrogen (secondary N) is 1. The van der Waals surface area contributed by atoms with Crippen LogP contribution < -0.4 is 5.32 Å². The normalized spacial score (nSPS) is 23.1. The van der Waals surface area contributed by atoms with E-state index in [1.807, 2.05) is 6.07 Å². The van der Waals surface area contributed by atoms with Gasteiger partial charge < -0.3 is 15.3 Å². The van der Waals surface area contributed by atoms with E-state index < -0.39 is 0 Å². The van der Waals surface area contributed by atoms with Gasteiger partial charge in [0.15, 0.2) is 6.29 Å². The van der Waals surface area contributed by atoms with E-state index in [1.165, 1.54) is 6.20 Å². The summed E-state index contributed by atoms with van der Waals surface area (Å²) in [4.78, 5) is 28.7. The van der Waals surface area contributed by atoms with Gasteiger partial charge in [0, 0.05) is 42.7 Å². The van der Waals surface area contributed by atoms with E-state index in [-0.39, 0.29) is 17.3 Å². The van der Waals surface area contributed by atoms with Crippen LogP contribution in [0.1, 0.15) is 21.5 Å². The molecule has 1 fully saturated rings. The molecule has 2 N–H and O–H groups in total. The van der Waals surface area contributed by atoms with Gasteiger partial charge in [0.1, 0.15) is 5.75 Å². The number of rotatable bonds is 1. The van der Waals surface area contributed by atoms with E-state index in [0.29, 0.717) is 42.1 Å². The van der Waals surface area contributed by atoms with Crippen molar-refractivity contribution in [3.8, 4) is 5.75 Å². The molecule has 2 aliphatic rings. The number of carbonyl (C=O) groups excluding carboxylic acids is 2. The molecule has 112 valence electrons. The molecule has 0 bridgehead atoms. The number of phenolic OH excluding ortho intramolecular Hbond substituents is 1. The van der Waals surface area contributed by atoms with Crippen molar-refractivity contribution >= 4 is 23.2 Å². The predicted octanol–water partition coefficient (Wildman–Crippen LogP) is 1.25. The summed E-state index contributed by atoms with van der Waals surface area (Å²) in [6, 6.07) is 3.51. The Morgan fingerprint density at radius 3 is 2.91 bits per heavy atom. The number of phenols is 1. The number of likely N-dealkylation sites (N-methyl/N-ethyl adjacent to an activating group) is 1. The van der Waals surface area contributed by atoms with Crippen molar-refractivity contribution in [3.63, 3.8) is 0 Å². The SMILES string of the molecule is CN1C(=O)NCC12Cc1cc3ncc(C=O)cc3c(O)c1C2. The van der Waals surface area contributed by atoms with Gasteiger partial charge in [0.05, 0.1) is 11.1 Å². The molecule has 1 aromatic carbocycles. The first-order valence-corrected chi connectivity index (χ1v) is 7.14. The molecular weight excluding hydrogens is 282 g/mol. The second-order valence-corrected chi connectivity index (χ2v) is 6.11. The number of hydrogen-bond acceptors (Lipinski definition) is 4. The average Bonchev–Trinajstić information content (AvgIpc) is 3.03. The molecule has 6 heteroatoms. The standard InChI is InChI=1S/C16H15N3O3/c1-19-15(22)18-8-16(19)4-10-3-13-11(14(21)12(10)5-16)2-9(7-20)6-17-13/h2-3,6-7,21H,4-5,8H2,1H3,(H,18,22). The Hall–Kier alpha value is -2.63. The van der Waals surface area contributed by atoms with Crippen molar-refractivity contribution in [1.29, 1.82) is 0 Å². The number of fused-ring (bicyclic) bond motifs is 2. The van der Waals surface area contributed by atoms with Crippen LogP contribution in [-0.2, 0) is 12.8 Å². The Labute approximate surface area is 126 Å². The van der Waals surface area contributed by atoms with Gasteiger partial charge in [-0.2, -0.15) is 0 Å². The third-order valence-corrected chi connectivity index (χ3v) is 4.93. The van der Waals surface area contributed by atoms with E-state index in [4.69, 9.17) is 0 Å². The summed E-state index contributed by atoms with van der Waals surface area (Å²) >= 11 is 0. The van der Waals surface area contributed by atoms with Crippen LogP contribution in [0.4, 0.5) is 4.79 Å². The lowest BCUT2D eigenvalue weighted by Gasteiger charge is -2.29. The van der Waals surface area contributed by atoms with Crippen LogP contribution in [0, 0.1) is 0 Å². The van der Waals surface area contributed by atoms with Crippen molar-refractivity contribution in [2.24, 2.45) is 0 Å². The second kappa shape index (κ2) is 4.19.